The molecule has 28 heavy (non-hydrogen) atoms. The molecule has 2 aromatic carbocycles. The molecule has 0 spiro atoms. The standard InChI is InChI=1S/C23H24N4O/c1-15(2)20-14-21(24-18-10-12-19(28-4)13-11-18)27-23(25-20)22(16(3)26-27)17-8-6-5-7-9-17/h5-15,24H,1-4H3. The first-order chi connectivity index (χ1) is 13.6. The largest absolute Gasteiger partial charge is 0.497 e. The summed E-state index contributed by atoms with van der Waals surface area (Å²) in [5.41, 5.74) is 6.01. The Morgan fingerprint density at radius 1 is 1.00 bits per heavy atom. The van der Waals surface area contributed by atoms with Gasteiger partial charge in [0.2, 0.25) is 0 Å². The second-order valence-electron chi connectivity index (χ2n) is 7.14. The molecule has 0 aliphatic rings. The van der Waals surface area contributed by atoms with Crippen molar-refractivity contribution < 1.29 is 4.74 Å². The zero-order valence-electron chi connectivity index (χ0n) is 16.6. The predicted octanol–water partition coefficient (Wildman–Crippen LogP) is 5.58. The Labute approximate surface area is 165 Å². The van der Waals surface area contributed by atoms with Crippen LogP contribution < -0.4 is 10.1 Å². The number of fused-ring (bicyclic) bond motifs is 1. The van der Waals surface area contributed by atoms with Crippen LogP contribution in [0.15, 0.2) is 60.7 Å². The third-order valence-electron chi connectivity index (χ3n) is 4.80. The Morgan fingerprint density at radius 3 is 2.36 bits per heavy atom. The molecule has 0 saturated heterocycles. The number of aryl methyl sites for hydroxylation is 1. The topological polar surface area (TPSA) is 51.5 Å². The van der Waals surface area contributed by atoms with Crippen LogP contribution in [-0.2, 0) is 0 Å². The van der Waals surface area contributed by atoms with Crippen LogP contribution in [0.1, 0.15) is 31.2 Å². The molecule has 0 aliphatic heterocycles. The van der Waals surface area contributed by atoms with Gasteiger partial charge in [0.15, 0.2) is 5.65 Å². The minimum Gasteiger partial charge on any atom is -0.497 e. The minimum atomic E-state index is 0.306. The van der Waals surface area contributed by atoms with Crippen molar-refractivity contribution >= 4 is 17.2 Å². The molecule has 2 aromatic heterocycles. The molecule has 0 bridgehead atoms. The molecule has 0 aliphatic carbocycles. The SMILES string of the molecule is COc1ccc(Nc2cc(C(C)C)nc3c(-c4ccccc4)c(C)nn23)cc1. The molecule has 0 fully saturated rings. The van der Waals surface area contributed by atoms with Crippen LogP contribution in [0, 0.1) is 6.92 Å². The molecule has 142 valence electrons. The van der Waals surface area contributed by atoms with Crippen molar-refractivity contribution in [3.8, 4) is 16.9 Å². The molecule has 0 atom stereocenters. The molecule has 1 N–H and O–H groups in total. The molecule has 4 rings (SSSR count). The summed E-state index contributed by atoms with van der Waals surface area (Å²) in [6, 6.07) is 20.2. The van der Waals surface area contributed by atoms with Crippen LogP contribution >= 0.6 is 0 Å². The lowest BCUT2D eigenvalue weighted by Crippen LogP contribution is -2.05. The summed E-state index contributed by atoms with van der Waals surface area (Å²) in [5, 5.41) is 8.28. The Balaban J connectivity index is 1.88. The lowest BCUT2D eigenvalue weighted by molar-refractivity contribution is 0.415. The number of nitrogens with zero attached hydrogens (tertiary/aromatic N) is 3. The third-order valence-corrected chi connectivity index (χ3v) is 4.80. The highest BCUT2D eigenvalue weighted by Crippen LogP contribution is 2.31. The summed E-state index contributed by atoms with van der Waals surface area (Å²) in [5.74, 6) is 2.03. The van der Waals surface area contributed by atoms with Gasteiger partial charge in [-0.05, 0) is 42.7 Å². The Kier molecular flexibility index (Phi) is 4.74. The maximum Gasteiger partial charge on any atom is 0.165 e. The van der Waals surface area contributed by atoms with Crippen molar-refractivity contribution in [3.05, 3.63) is 72.1 Å². The van der Waals surface area contributed by atoms with Gasteiger partial charge in [-0.25, -0.2) is 4.98 Å². The molecule has 4 aromatic rings. The second kappa shape index (κ2) is 7.35. The molecule has 0 radical (unpaired) electrons. The molecular weight excluding hydrogens is 348 g/mol. The van der Waals surface area contributed by atoms with Gasteiger partial charge >= 0.3 is 0 Å². The minimum absolute atomic E-state index is 0.306. The first-order valence-electron chi connectivity index (χ1n) is 9.43. The third kappa shape index (κ3) is 3.31. The van der Waals surface area contributed by atoms with E-state index in [1.165, 1.54) is 0 Å². The number of nitrogens with one attached hydrogen (secondary N) is 1. The molecule has 5 nitrogen and oxygen atoms in total. The Hall–Kier alpha value is -3.34. The van der Waals surface area contributed by atoms with Crippen molar-refractivity contribution in [2.75, 3.05) is 12.4 Å². The van der Waals surface area contributed by atoms with E-state index in [1.807, 2.05) is 53.9 Å². The smallest absolute Gasteiger partial charge is 0.165 e. The molecular formula is C23H24N4O. The highest BCUT2D eigenvalue weighted by molar-refractivity contribution is 5.81. The van der Waals surface area contributed by atoms with Gasteiger partial charge in [0.05, 0.1) is 12.8 Å². The summed E-state index contributed by atoms with van der Waals surface area (Å²) in [6.45, 7) is 6.34. The molecule has 0 unspecified atom stereocenters. The van der Waals surface area contributed by atoms with Gasteiger partial charge in [-0.3, -0.25) is 0 Å². The summed E-state index contributed by atoms with van der Waals surface area (Å²) < 4.78 is 7.15. The first-order valence-corrected chi connectivity index (χ1v) is 9.43. The van der Waals surface area contributed by atoms with Crippen LogP contribution in [-0.4, -0.2) is 21.7 Å². The van der Waals surface area contributed by atoms with Crippen LogP contribution in [0.4, 0.5) is 11.5 Å². The van der Waals surface area contributed by atoms with Crippen molar-refractivity contribution in [2.45, 2.75) is 26.7 Å². The number of hydrogen-bond acceptors (Lipinski definition) is 4. The van der Waals surface area contributed by atoms with E-state index in [0.717, 1.165) is 45.4 Å². The monoisotopic (exact) mass is 372 g/mol. The fourth-order valence-electron chi connectivity index (χ4n) is 3.29. The quantitative estimate of drug-likeness (QED) is 0.497. The molecule has 0 saturated carbocycles. The maximum absolute atomic E-state index is 5.25. The van der Waals surface area contributed by atoms with Crippen LogP contribution in [0.3, 0.4) is 0 Å². The van der Waals surface area contributed by atoms with E-state index in [4.69, 9.17) is 14.8 Å². The first kappa shape index (κ1) is 18.0. The van der Waals surface area contributed by atoms with E-state index in [9.17, 15) is 0 Å². The summed E-state index contributed by atoms with van der Waals surface area (Å²) in [7, 11) is 1.67. The normalized spacial score (nSPS) is 11.2. The fraction of sp³-hybridized carbons (Fsp3) is 0.217. The number of anilines is 2. The van der Waals surface area contributed by atoms with Crippen molar-refractivity contribution in [1.29, 1.82) is 0 Å². The summed E-state index contributed by atoms with van der Waals surface area (Å²) in [4.78, 5) is 4.94. The van der Waals surface area contributed by atoms with Crippen molar-refractivity contribution in [2.24, 2.45) is 0 Å². The number of methoxy groups -OCH3 is 1. The van der Waals surface area contributed by atoms with E-state index in [2.05, 4.69) is 37.4 Å². The lowest BCUT2D eigenvalue weighted by Gasteiger charge is -2.13. The van der Waals surface area contributed by atoms with Crippen LogP contribution in [0.2, 0.25) is 0 Å². The Bertz CT molecular complexity index is 1100. The second-order valence-corrected chi connectivity index (χ2v) is 7.14. The highest BCUT2D eigenvalue weighted by Gasteiger charge is 2.17. The Morgan fingerprint density at radius 2 is 1.71 bits per heavy atom. The fourth-order valence-corrected chi connectivity index (χ4v) is 3.29. The van der Waals surface area contributed by atoms with E-state index in [1.54, 1.807) is 7.11 Å². The highest BCUT2D eigenvalue weighted by atomic mass is 16.5. The average molecular weight is 372 g/mol. The summed E-state index contributed by atoms with van der Waals surface area (Å²) >= 11 is 0. The van der Waals surface area contributed by atoms with Gasteiger partial charge in [-0.15, -0.1) is 0 Å². The summed E-state index contributed by atoms with van der Waals surface area (Å²) in [6.07, 6.45) is 0. The van der Waals surface area contributed by atoms with Crippen LogP contribution in [0.5, 0.6) is 5.75 Å². The van der Waals surface area contributed by atoms with E-state index in [-0.39, 0.29) is 0 Å². The van der Waals surface area contributed by atoms with Gasteiger partial charge in [-0.2, -0.15) is 9.61 Å². The molecule has 5 heteroatoms. The van der Waals surface area contributed by atoms with Gasteiger partial charge < -0.3 is 10.1 Å². The zero-order chi connectivity index (χ0) is 19.7. The van der Waals surface area contributed by atoms with E-state index in [0.29, 0.717) is 5.92 Å². The van der Waals surface area contributed by atoms with Crippen LogP contribution in [0.25, 0.3) is 16.8 Å². The van der Waals surface area contributed by atoms with Crippen molar-refractivity contribution in [1.82, 2.24) is 14.6 Å². The predicted molar refractivity (Wildman–Crippen MR) is 114 cm³/mol. The van der Waals surface area contributed by atoms with Gasteiger partial charge in [-0.1, -0.05) is 44.2 Å². The number of hydrogen-bond donors (Lipinski definition) is 1. The number of benzene rings is 2. The molecule has 2 heterocycles. The van der Waals surface area contributed by atoms with Gasteiger partial charge in [0.25, 0.3) is 0 Å². The number of rotatable bonds is 5. The van der Waals surface area contributed by atoms with E-state index >= 15 is 0 Å². The van der Waals surface area contributed by atoms with Gasteiger partial charge in [0, 0.05) is 23.0 Å². The lowest BCUT2D eigenvalue weighted by atomic mass is 10.1. The maximum atomic E-state index is 5.25. The zero-order valence-corrected chi connectivity index (χ0v) is 16.6. The van der Waals surface area contributed by atoms with Crippen molar-refractivity contribution in [3.63, 3.8) is 0 Å². The van der Waals surface area contributed by atoms with E-state index < -0.39 is 0 Å². The van der Waals surface area contributed by atoms with Gasteiger partial charge in [0.1, 0.15) is 11.6 Å². The molecule has 0 amide bonds. The number of ether oxygens (including phenoxy) is 1. The average Bonchev–Trinajstić information content (AvgIpc) is 3.05. The number of aromatic nitrogens is 3.